The minimum atomic E-state index is -0.161. The normalized spacial score (nSPS) is 11.3. The van der Waals surface area contributed by atoms with E-state index in [9.17, 15) is 4.79 Å². The van der Waals surface area contributed by atoms with Crippen LogP contribution >= 0.6 is 11.3 Å². The summed E-state index contributed by atoms with van der Waals surface area (Å²) in [5.41, 5.74) is 0.950. The largest absolute Gasteiger partial charge is 0.466 e. The van der Waals surface area contributed by atoms with Crippen LogP contribution in [0.5, 0.6) is 0 Å². The van der Waals surface area contributed by atoms with Crippen molar-refractivity contribution >= 4 is 22.4 Å². The highest BCUT2D eigenvalue weighted by atomic mass is 32.1. The summed E-state index contributed by atoms with van der Waals surface area (Å²) in [5.74, 6) is -0.161. The van der Waals surface area contributed by atoms with Gasteiger partial charge in [-0.1, -0.05) is 0 Å². The Hall–Kier alpha value is -1.10. The smallest absolute Gasteiger partial charge is 0.306 e. The van der Waals surface area contributed by atoms with Gasteiger partial charge in [0.1, 0.15) is 0 Å². The fraction of sp³-hybridized carbons (Fsp3) is 0.667. The van der Waals surface area contributed by atoms with Gasteiger partial charge in [-0.3, -0.25) is 4.79 Å². The van der Waals surface area contributed by atoms with Crippen LogP contribution in [-0.4, -0.2) is 23.1 Å². The number of aromatic nitrogens is 1. The van der Waals surface area contributed by atoms with Crippen LogP contribution in [0.25, 0.3) is 0 Å². The van der Waals surface area contributed by atoms with Crippen LogP contribution in [0.1, 0.15) is 39.8 Å². The van der Waals surface area contributed by atoms with E-state index in [1.807, 2.05) is 12.3 Å². The van der Waals surface area contributed by atoms with Crippen molar-refractivity contribution in [3.8, 4) is 0 Å². The molecule has 0 aliphatic heterocycles. The lowest BCUT2D eigenvalue weighted by molar-refractivity contribution is -0.143. The summed E-state index contributed by atoms with van der Waals surface area (Å²) < 4.78 is 4.87. The third-order valence-electron chi connectivity index (χ3n) is 1.92. The van der Waals surface area contributed by atoms with Gasteiger partial charge in [0.25, 0.3) is 0 Å². The highest BCUT2D eigenvalue weighted by molar-refractivity contribution is 7.13. The molecule has 0 spiro atoms. The predicted molar refractivity (Wildman–Crippen MR) is 70.4 cm³/mol. The van der Waals surface area contributed by atoms with Gasteiger partial charge < -0.3 is 10.1 Å². The Balaban J connectivity index is 2.43. The van der Waals surface area contributed by atoms with Crippen molar-refractivity contribution in [1.82, 2.24) is 4.98 Å². The third-order valence-corrected chi connectivity index (χ3v) is 2.73. The first-order chi connectivity index (χ1) is 7.90. The lowest BCUT2D eigenvalue weighted by atomic mass is 10.1. The van der Waals surface area contributed by atoms with Crippen molar-refractivity contribution in [2.24, 2.45) is 0 Å². The molecule has 1 rings (SSSR count). The molecule has 5 heteroatoms. The number of ether oxygens (including phenoxy) is 1. The quantitative estimate of drug-likeness (QED) is 0.823. The Labute approximate surface area is 106 Å². The number of rotatable bonds is 5. The van der Waals surface area contributed by atoms with Crippen molar-refractivity contribution in [3.05, 3.63) is 11.1 Å². The van der Waals surface area contributed by atoms with E-state index in [2.05, 4.69) is 31.1 Å². The summed E-state index contributed by atoms with van der Waals surface area (Å²) in [7, 11) is 0. The maximum atomic E-state index is 11.2. The minimum absolute atomic E-state index is 0.0102. The molecule has 0 unspecified atom stereocenters. The molecule has 0 amide bonds. The fourth-order valence-electron chi connectivity index (χ4n) is 1.26. The molecule has 1 heterocycles. The fourth-order valence-corrected chi connectivity index (χ4v) is 2.22. The first-order valence-electron chi connectivity index (χ1n) is 5.79. The SMILES string of the molecule is CCOC(=O)CCc1csc(NC(C)(C)C)n1. The summed E-state index contributed by atoms with van der Waals surface area (Å²) in [6.07, 6.45) is 1.04. The minimum Gasteiger partial charge on any atom is -0.466 e. The number of anilines is 1. The number of carbonyl (C=O) groups is 1. The Morgan fingerprint density at radius 1 is 1.53 bits per heavy atom. The summed E-state index contributed by atoms with van der Waals surface area (Å²) in [4.78, 5) is 15.6. The molecule has 0 aliphatic rings. The molecule has 0 bridgehead atoms. The van der Waals surface area contributed by atoms with Gasteiger partial charge in [-0.2, -0.15) is 0 Å². The molecule has 0 saturated carbocycles. The van der Waals surface area contributed by atoms with Crippen LogP contribution in [0.2, 0.25) is 0 Å². The van der Waals surface area contributed by atoms with Gasteiger partial charge >= 0.3 is 5.97 Å². The average molecular weight is 256 g/mol. The molecule has 4 nitrogen and oxygen atoms in total. The van der Waals surface area contributed by atoms with Crippen molar-refractivity contribution < 1.29 is 9.53 Å². The Kier molecular flexibility index (Phi) is 4.93. The zero-order valence-electron chi connectivity index (χ0n) is 10.9. The lowest BCUT2D eigenvalue weighted by Crippen LogP contribution is -2.25. The van der Waals surface area contributed by atoms with Gasteiger partial charge in [-0.05, 0) is 27.7 Å². The van der Waals surface area contributed by atoms with Crippen LogP contribution in [-0.2, 0) is 16.0 Å². The molecular formula is C12H20N2O2S. The molecular weight excluding hydrogens is 236 g/mol. The summed E-state index contributed by atoms with van der Waals surface area (Å²) >= 11 is 1.57. The zero-order valence-corrected chi connectivity index (χ0v) is 11.7. The Morgan fingerprint density at radius 2 is 2.24 bits per heavy atom. The first kappa shape index (κ1) is 14.0. The molecule has 1 aromatic heterocycles. The van der Waals surface area contributed by atoms with Crippen molar-refractivity contribution in [2.45, 2.75) is 46.1 Å². The number of carbonyl (C=O) groups excluding carboxylic acids is 1. The standard InChI is InChI=1S/C12H20N2O2S/c1-5-16-10(15)7-6-9-8-17-11(13-9)14-12(2,3)4/h8H,5-7H2,1-4H3,(H,13,14). The average Bonchev–Trinajstić information content (AvgIpc) is 2.60. The van der Waals surface area contributed by atoms with Gasteiger partial charge in [0.05, 0.1) is 18.7 Å². The van der Waals surface area contributed by atoms with Crippen LogP contribution in [0, 0.1) is 0 Å². The van der Waals surface area contributed by atoms with Gasteiger partial charge in [0.2, 0.25) is 0 Å². The molecule has 17 heavy (non-hydrogen) atoms. The van der Waals surface area contributed by atoms with Crippen molar-refractivity contribution in [3.63, 3.8) is 0 Å². The second-order valence-electron chi connectivity index (χ2n) is 4.82. The van der Waals surface area contributed by atoms with E-state index in [-0.39, 0.29) is 11.5 Å². The number of thiazole rings is 1. The van der Waals surface area contributed by atoms with E-state index >= 15 is 0 Å². The molecule has 1 aromatic rings. The van der Waals surface area contributed by atoms with E-state index in [0.29, 0.717) is 19.4 Å². The molecule has 0 atom stereocenters. The number of nitrogens with one attached hydrogen (secondary N) is 1. The monoisotopic (exact) mass is 256 g/mol. The zero-order chi connectivity index (χ0) is 12.9. The van der Waals surface area contributed by atoms with Gasteiger partial charge in [-0.25, -0.2) is 4.98 Å². The van der Waals surface area contributed by atoms with Gasteiger partial charge in [0, 0.05) is 17.3 Å². The Bertz CT molecular complexity index is 369. The van der Waals surface area contributed by atoms with Crippen molar-refractivity contribution in [2.75, 3.05) is 11.9 Å². The number of aryl methyl sites for hydroxylation is 1. The molecule has 0 aromatic carbocycles. The van der Waals surface area contributed by atoms with Crippen LogP contribution in [0.3, 0.4) is 0 Å². The highest BCUT2D eigenvalue weighted by Crippen LogP contribution is 2.20. The Morgan fingerprint density at radius 3 is 2.82 bits per heavy atom. The number of hydrogen-bond donors (Lipinski definition) is 1. The number of nitrogens with zero attached hydrogens (tertiary/aromatic N) is 1. The maximum Gasteiger partial charge on any atom is 0.306 e. The third kappa shape index (κ3) is 5.68. The molecule has 0 radical (unpaired) electrons. The van der Waals surface area contributed by atoms with E-state index < -0.39 is 0 Å². The van der Waals surface area contributed by atoms with Crippen molar-refractivity contribution in [1.29, 1.82) is 0 Å². The molecule has 96 valence electrons. The summed E-state index contributed by atoms with van der Waals surface area (Å²) in [6.45, 7) is 8.52. The predicted octanol–water partition coefficient (Wildman–Crippen LogP) is 2.85. The summed E-state index contributed by atoms with van der Waals surface area (Å²) in [5, 5.41) is 6.18. The number of hydrogen-bond acceptors (Lipinski definition) is 5. The van der Waals surface area contributed by atoms with E-state index in [1.165, 1.54) is 0 Å². The van der Waals surface area contributed by atoms with Crippen LogP contribution in [0.15, 0.2) is 5.38 Å². The van der Waals surface area contributed by atoms with E-state index in [1.54, 1.807) is 11.3 Å². The van der Waals surface area contributed by atoms with E-state index in [0.717, 1.165) is 10.8 Å². The second kappa shape index (κ2) is 6.00. The molecule has 0 fully saturated rings. The molecule has 0 saturated heterocycles. The molecule has 0 aliphatic carbocycles. The van der Waals surface area contributed by atoms with Gasteiger partial charge in [-0.15, -0.1) is 11.3 Å². The maximum absolute atomic E-state index is 11.2. The number of esters is 1. The van der Waals surface area contributed by atoms with Crippen LogP contribution < -0.4 is 5.32 Å². The summed E-state index contributed by atoms with van der Waals surface area (Å²) in [6, 6.07) is 0. The lowest BCUT2D eigenvalue weighted by Gasteiger charge is -2.19. The molecule has 1 N–H and O–H groups in total. The van der Waals surface area contributed by atoms with E-state index in [4.69, 9.17) is 4.74 Å². The highest BCUT2D eigenvalue weighted by Gasteiger charge is 2.12. The van der Waals surface area contributed by atoms with Gasteiger partial charge in [0.15, 0.2) is 5.13 Å². The topological polar surface area (TPSA) is 51.2 Å². The first-order valence-corrected chi connectivity index (χ1v) is 6.67. The van der Waals surface area contributed by atoms with Crippen LogP contribution in [0.4, 0.5) is 5.13 Å². The second-order valence-corrected chi connectivity index (χ2v) is 5.68.